The average Bonchev–Trinajstić information content (AvgIpc) is 2.67. The molecule has 2 aromatic carbocycles. The average molecular weight is 354 g/mol. The maximum absolute atomic E-state index is 14.2. The smallest absolute Gasteiger partial charge is 0.183 e. The Morgan fingerprint density at radius 2 is 1.92 bits per heavy atom. The van der Waals surface area contributed by atoms with Gasteiger partial charge in [0.05, 0.1) is 12.7 Å². The lowest BCUT2D eigenvalue weighted by atomic mass is 9.93. The summed E-state index contributed by atoms with van der Waals surface area (Å²) in [6.45, 7) is 3.80. The van der Waals surface area contributed by atoms with Gasteiger partial charge in [0.1, 0.15) is 18.1 Å². The minimum absolute atomic E-state index is 0.113. The number of rotatable bonds is 8. The van der Waals surface area contributed by atoms with E-state index < -0.39 is 0 Å². The van der Waals surface area contributed by atoms with Gasteiger partial charge in [-0.15, -0.1) is 0 Å². The second-order valence-electron chi connectivity index (χ2n) is 7.04. The SMILES string of the molecule is CCCCCCC1=[N+](Cc2ccccc2F)CCc2cc(OC)ccc21. The summed E-state index contributed by atoms with van der Waals surface area (Å²) in [4.78, 5) is 0. The monoisotopic (exact) mass is 354 g/mol. The summed E-state index contributed by atoms with van der Waals surface area (Å²) in [5.41, 5.74) is 4.79. The molecule has 0 amide bonds. The van der Waals surface area contributed by atoms with E-state index in [2.05, 4.69) is 23.6 Å². The normalized spacial score (nSPS) is 13.7. The van der Waals surface area contributed by atoms with Crippen molar-refractivity contribution in [3.8, 4) is 5.75 Å². The van der Waals surface area contributed by atoms with Gasteiger partial charge in [-0.1, -0.05) is 38.3 Å². The van der Waals surface area contributed by atoms with Gasteiger partial charge in [-0.05, 0) is 42.3 Å². The number of benzene rings is 2. The summed E-state index contributed by atoms with van der Waals surface area (Å²) in [5.74, 6) is 0.801. The van der Waals surface area contributed by atoms with Gasteiger partial charge in [0, 0.05) is 18.4 Å². The van der Waals surface area contributed by atoms with Crippen molar-refractivity contribution in [2.45, 2.75) is 52.0 Å². The van der Waals surface area contributed by atoms with Crippen LogP contribution in [-0.2, 0) is 13.0 Å². The maximum atomic E-state index is 14.2. The van der Waals surface area contributed by atoms with Crippen molar-refractivity contribution >= 4 is 5.71 Å². The Kier molecular flexibility index (Phi) is 6.43. The molecule has 0 atom stereocenters. The van der Waals surface area contributed by atoms with E-state index in [1.807, 2.05) is 18.2 Å². The Morgan fingerprint density at radius 1 is 1.08 bits per heavy atom. The fraction of sp³-hybridized carbons (Fsp3) is 0.435. The van der Waals surface area contributed by atoms with Gasteiger partial charge in [0.2, 0.25) is 0 Å². The number of nitrogens with zero attached hydrogens (tertiary/aromatic N) is 1. The van der Waals surface area contributed by atoms with Crippen molar-refractivity contribution in [3.63, 3.8) is 0 Å². The topological polar surface area (TPSA) is 12.2 Å². The molecule has 0 N–H and O–H groups in total. The van der Waals surface area contributed by atoms with Crippen LogP contribution in [0.4, 0.5) is 4.39 Å². The first-order valence-electron chi connectivity index (χ1n) is 9.74. The number of halogens is 1. The van der Waals surface area contributed by atoms with Crippen LogP contribution < -0.4 is 4.74 Å². The number of hydrogen-bond acceptors (Lipinski definition) is 1. The highest BCUT2D eigenvalue weighted by molar-refractivity contribution is 5.98. The Bertz CT molecular complexity index is 782. The fourth-order valence-corrected chi connectivity index (χ4v) is 3.76. The second kappa shape index (κ2) is 8.98. The lowest BCUT2D eigenvalue weighted by Gasteiger charge is -2.20. The summed E-state index contributed by atoms with van der Waals surface area (Å²) in [5, 5.41) is 0. The lowest BCUT2D eigenvalue weighted by molar-refractivity contribution is -0.546. The van der Waals surface area contributed by atoms with E-state index in [1.54, 1.807) is 19.2 Å². The molecule has 2 aromatic rings. The van der Waals surface area contributed by atoms with Gasteiger partial charge in [-0.2, -0.15) is 0 Å². The predicted octanol–water partition coefficient (Wildman–Crippen LogP) is 5.36. The number of ether oxygens (including phenoxy) is 1. The largest absolute Gasteiger partial charge is 0.497 e. The second-order valence-corrected chi connectivity index (χ2v) is 7.04. The van der Waals surface area contributed by atoms with Gasteiger partial charge in [0.25, 0.3) is 0 Å². The van der Waals surface area contributed by atoms with Gasteiger partial charge in [-0.3, -0.25) is 0 Å². The summed E-state index contributed by atoms with van der Waals surface area (Å²) in [6, 6.07) is 13.5. The van der Waals surface area contributed by atoms with E-state index in [0.717, 1.165) is 30.7 Å². The van der Waals surface area contributed by atoms with E-state index >= 15 is 0 Å². The molecular formula is C23H29FNO+. The summed E-state index contributed by atoms with van der Waals surface area (Å²) < 4.78 is 21.9. The first kappa shape index (κ1) is 18.6. The van der Waals surface area contributed by atoms with Gasteiger partial charge >= 0.3 is 0 Å². The molecule has 1 aliphatic rings. The third kappa shape index (κ3) is 4.32. The van der Waals surface area contributed by atoms with Crippen LogP contribution in [0.5, 0.6) is 5.75 Å². The first-order valence-corrected chi connectivity index (χ1v) is 9.74. The van der Waals surface area contributed by atoms with Crippen LogP contribution in [0, 0.1) is 5.82 Å². The number of unbranched alkanes of at least 4 members (excludes halogenated alkanes) is 3. The minimum Gasteiger partial charge on any atom is -0.497 e. The van der Waals surface area contributed by atoms with Crippen molar-refractivity contribution in [1.29, 1.82) is 0 Å². The molecular weight excluding hydrogens is 325 g/mol. The zero-order valence-electron chi connectivity index (χ0n) is 15.9. The molecule has 0 spiro atoms. The van der Waals surface area contributed by atoms with E-state index in [9.17, 15) is 4.39 Å². The highest BCUT2D eigenvalue weighted by Crippen LogP contribution is 2.25. The standard InChI is InChI=1S/C23H29FNO/c1-3-4-5-6-11-23-21-13-12-20(26-2)16-18(21)14-15-25(23)17-19-9-7-8-10-22(19)24/h7-10,12-13,16H,3-6,11,14-15,17H2,1-2H3/q+1. The van der Waals surface area contributed by atoms with Crippen molar-refractivity contribution in [3.05, 3.63) is 65.0 Å². The van der Waals surface area contributed by atoms with Crippen molar-refractivity contribution in [1.82, 2.24) is 0 Å². The van der Waals surface area contributed by atoms with Crippen LogP contribution in [0.2, 0.25) is 0 Å². The zero-order valence-corrected chi connectivity index (χ0v) is 15.9. The third-order valence-corrected chi connectivity index (χ3v) is 5.24. The molecule has 3 heteroatoms. The van der Waals surface area contributed by atoms with Crippen LogP contribution in [0.25, 0.3) is 0 Å². The summed E-state index contributed by atoms with van der Waals surface area (Å²) in [6.07, 6.45) is 6.97. The molecule has 0 saturated heterocycles. The highest BCUT2D eigenvalue weighted by Gasteiger charge is 2.26. The van der Waals surface area contributed by atoms with Crippen LogP contribution in [0.3, 0.4) is 0 Å². The zero-order chi connectivity index (χ0) is 18.4. The van der Waals surface area contributed by atoms with Crippen LogP contribution in [-0.4, -0.2) is 23.9 Å². The molecule has 0 aliphatic carbocycles. The van der Waals surface area contributed by atoms with Crippen LogP contribution >= 0.6 is 0 Å². The maximum Gasteiger partial charge on any atom is 0.183 e. The molecule has 138 valence electrons. The molecule has 26 heavy (non-hydrogen) atoms. The number of hydrogen-bond donors (Lipinski definition) is 0. The van der Waals surface area contributed by atoms with Crippen molar-refractivity contribution in [2.24, 2.45) is 0 Å². The predicted molar refractivity (Wildman–Crippen MR) is 105 cm³/mol. The van der Waals surface area contributed by atoms with Gasteiger partial charge < -0.3 is 4.74 Å². The summed E-state index contributed by atoms with van der Waals surface area (Å²) >= 11 is 0. The molecule has 0 bridgehead atoms. The Hall–Kier alpha value is -2.16. The molecule has 1 heterocycles. The molecule has 0 unspecified atom stereocenters. The molecule has 2 nitrogen and oxygen atoms in total. The van der Waals surface area contributed by atoms with Crippen LogP contribution in [0.1, 0.15) is 55.7 Å². The Morgan fingerprint density at radius 3 is 2.69 bits per heavy atom. The molecule has 0 aromatic heterocycles. The third-order valence-electron chi connectivity index (χ3n) is 5.24. The molecule has 1 aliphatic heterocycles. The summed E-state index contributed by atoms with van der Waals surface area (Å²) in [7, 11) is 1.71. The number of methoxy groups -OCH3 is 1. The first-order chi connectivity index (χ1) is 12.7. The number of fused-ring (bicyclic) bond motifs is 1. The molecule has 0 fully saturated rings. The van der Waals surface area contributed by atoms with Crippen LogP contribution in [0.15, 0.2) is 42.5 Å². The van der Waals surface area contributed by atoms with E-state index in [1.165, 1.54) is 42.5 Å². The Balaban J connectivity index is 1.91. The highest BCUT2D eigenvalue weighted by atomic mass is 19.1. The Labute approximate surface area is 156 Å². The van der Waals surface area contributed by atoms with E-state index in [-0.39, 0.29) is 5.82 Å². The van der Waals surface area contributed by atoms with Gasteiger partial charge in [0.15, 0.2) is 12.3 Å². The van der Waals surface area contributed by atoms with E-state index in [0.29, 0.717) is 6.54 Å². The molecule has 0 radical (unpaired) electrons. The molecule has 0 saturated carbocycles. The fourth-order valence-electron chi connectivity index (χ4n) is 3.76. The van der Waals surface area contributed by atoms with Gasteiger partial charge in [-0.25, -0.2) is 8.97 Å². The quantitative estimate of drug-likeness (QED) is 0.459. The minimum atomic E-state index is -0.113. The van der Waals surface area contributed by atoms with Crippen molar-refractivity contribution in [2.75, 3.05) is 13.7 Å². The lowest BCUT2D eigenvalue weighted by Crippen LogP contribution is -2.30. The van der Waals surface area contributed by atoms with E-state index in [4.69, 9.17) is 4.74 Å². The molecule has 3 rings (SSSR count). The van der Waals surface area contributed by atoms with Crippen molar-refractivity contribution < 1.29 is 13.7 Å².